The second kappa shape index (κ2) is 4.53. The summed E-state index contributed by atoms with van der Waals surface area (Å²) in [6, 6.07) is 0. The van der Waals surface area contributed by atoms with Gasteiger partial charge in [-0.05, 0) is 85.9 Å². The van der Waals surface area contributed by atoms with Gasteiger partial charge in [-0.1, -0.05) is 20.8 Å². The van der Waals surface area contributed by atoms with Crippen LogP contribution in [0, 0.1) is 34.0 Å². The van der Waals surface area contributed by atoms with Gasteiger partial charge in [0.2, 0.25) is 0 Å². The zero-order valence-corrected chi connectivity index (χ0v) is 15.2. The Morgan fingerprint density at radius 2 is 1.57 bits per heavy atom. The lowest BCUT2D eigenvalue weighted by molar-refractivity contribution is -0.217. The van der Waals surface area contributed by atoms with Gasteiger partial charge in [0.05, 0.1) is 17.8 Å². The third kappa shape index (κ3) is 1.93. The smallest absolute Gasteiger partial charge is 0.0852 e. The molecule has 0 aromatic heterocycles. The SMILES string of the molecule is CC1(C)[C@H](O)[C@@H](O)C[C@@]2(C)[C@@H]3CC[C@H]4C[C@@]3(CC[C@@H]12)C[C@@]4(C)O. The summed E-state index contributed by atoms with van der Waals surface area (Å²) in [5, 5.41) is 32.0. The van der Waals surface area contributed by atoms with Crippen molar-refractivity contribution in [3.05, 3.63) is 0 Å². The zero-order chi connectivity index (χ0) is 16.8. The highest BCUT2D eigenvalue weighted by Gasteiger charge is 2.68. The molecule has 4 aliphatic rings. The van der Waals surface area contributed by atoms with Crippen molar-refractivity contribution in [2.75, 3.05) is 0 Å². The molecule has 0 aliphatic heterocycles. The first-order valence-corrected chi connectivity index (χ1v) is 9.61. The van der Waals surface area contributed by atoms with Crippen molar-refractivity contribution < 1.29 is 15.3 Å². The van der Waals surface area contributed by atoms with E-state index < -0.39 is 17.8 Å². The molecule has 4 fully saturated rings. The minimum Gasteiger partial charge on any atom is -0.390 e. The molecule has 2 bridgehead atoms. The van der Waals surface area contributed by atoms with E-state index in [1.165, 1.54) is 19.3 Å². The van der Waals surface area contributed by atoms with Crippen LogP contribution in [0.4, 0.5) is 0 Å². The molecule has 0 amide bonds. The summed E-state index contributed by atoms with van der Waals surface area (Å²) in [7, 11) is 0. The van der Waals surface area contributed by atoms with E-state index in [1.807, 2.05) is 6.92 Å². The zero-order valence-electron chi connectivity index (χ0n) is 15.2. The minimum atomic E-state index is -0.613. The fourth-order valence-electron chi connectivity index (χ4n) is 8.16. The van der Waals surface area contributed by atoms with Crippen LogP contribution in [0.3, 0.4) is 0 Å². The molecule has 3 heteroatoms. The molecule has 3 N–H and O–H groups in total. The van der Waals surface area contributed by atoms with Gasteiger partial charge in [0.15, 0.2) is 0 Å². The first-order valence-electron chi connectivity index (χ1n) is 9.61. The lowest BCUT2D eigenvalue weighted by atomic mass is 9.40. The molecule has 0 aromatic rings. The molecule has 4 aliphatic carbocycles. The molecule has 132 valence electrons. The molecule has 0 unspecified atom stereocenters. The quantitative estimate of drug-likeness (QED) is 0.642. The van der Waals surface area contributed by atoms with E-state index in [4.69, 9.17) is 0 Å². The van der Waals surface area contributed by atoms with Crippen LogP contribution < -0.4 is 0 Å². The largest absolute Gasteiger partial charge is 0.390 e. The number of fused-ring (bicyclic) bond motifs is 3. The number of rotatable bonds is 0. The Balaban J connectivity index is 1.75. The number of aliphatic hydroxyl groups excluding tert-OH is 2. The first kappa shape index (κ1) is 16.4. The molecule has 4 saturated carbocycles. The van der Waals surface area contributed by atoms with E-state index in [9.17, 15) is 15.3 Å². The Labute approximate surface area is 140 Å². The van der Waals surface area contributed by atoms with Gasteiger partial charge in [0.25, 0.3) is 0 Å². The second-order valence-electron chi connectivity index (χ2n) is 10.6. The van der Waals surface area contributed by atoms with Crippen LogP contribution >= 0.6 is 0 Å². The molecule has 4 rings (SSSR count). The highest BCUT2D eigenvalue weighted by molar-refractivity contribution is 5.17. The number of hydrogen-bond donors (Lipinski definition) is 3. The van der Waals surface area contributed by atoms with E-state index in [2.05, 4.69) is 20.8 Å². The maximum absolute atomic E-state index is 10.9. The van der Waals surface area contributed by atoms with Crippen LogP contribution in [0.1, 0.15) is 72.6 Å². The van der Waals surface area contributed by atoms with Crippen molar-refractivity contribution in [3.63, 3.8) is 0 Å². The van der Waals surface area contributed by atoms with Gasteiger partial charge in [0, 0.05) is 0 Å². The van der Waals surface area contributed by atoms with Gasteiger partial charge >= 0.3 is 0 Å². The standard InChI is InChI=1S/C20H34O3/c1-17(2)14-7-8-20-9-12(19(4,23)11-20)5-6-15(20)18(14,3)10-13(21)16(17)22/h12-16,21-23H,5-11H2,1-4H3/t12-,13-,14-,15-,16+,18+,19+,20-/m0/s1. The normalized spacial score (nSPS) is 60.9. The second-order valence-corrected chi connectivity index (χ2v) is 10.6. The Hall–Kier alpha value is -0.120. The van der Waals surface area contributed by atoms with Gasteiger partial charge < -0.3 is 15.3 Å². The predicted molar refractivity (Wildman–Crippen MR) is 89.7 cm³/mol. The Bertz CT molecular complexity index is 513. The summed E-state index contributed by atoms with van der Waals surface area (Å²) in [5.41, 5.74) is -0.367. The highest BCUT2D eigenvalue weighted by atomic mass is 16.3. The van der Waals surface area contributed by atoms with Crippen molar-refractivity contribution in [1.29, 1.82) is 0 Å². The summed E-state index contributed by atoms with van der Waals surface area (Å²) in [6.45, 7) is 8.73. The lowest BCUT2D eigenvalue weighted by Crippen LogP contribution is -2.63. The molecule has 0 aromatic carbocycles. The third-order valence-electron chi connectivity index (χ3n) is 8.98. The predicted octanol–water partition coefficient (Wildman–Crippen LogP) is 3.11. The van der Waals surface area contributed by atoms with Crippen molar-refractivity contribution in [3.8, 4) is 0 Å². The summed E-state index contributed by atoms with van der Waals surface area (Å²) in [4.78, 5) is 0. The van der Waals surface area contributed by atoms with Crippen LogP contribution in [0.2, 0.25) is 0 Å². The molecule has 0 heterocycles. The van der Waals surface area contributed by atoms with Crippen LogP contribution in [0.5, 0.6) is 0 Å². The van der Waals surface area contributed by atoms with Crippen molar-refractivity contribution in [1.82, 2.24) is 0 Å². The molecular formula is C20H34O3. The van der Waals surface area contributed by atoms with Crippen LogP contribution in [-0.2, 0) is 0 Å². The molecule has 1 spiro atoms. The fraction of sp³-hybridized carbons (Fsp3) is 1.00. The number of aliphatic hydroxyl groups is 3. The van der Waals surface area contributed by atoms with Crippen LogP contribution in [0.25, 0.3) is 0 Å². The van der Waals surface area contributed by atoms with Crippen LogP contribution in [0.15, 0.2) is 0 Å². The van der Waals surface area contributed by atoms with E-state index in [1.54, 1.807) is 0 Å². The molecule has 0 radical (unpaired) electrons. The van der Waals surface area contributed by atoms with E-state index in [0.717, 1.165) is 25.7 Å². The summed E-state index contributed by atoms with van der Waals surface area (Å²) in [5.74, 6) is 1.51. The Morgan fingerprint density at radius 3 is 2.26 bits per heavy atom. The van der Waals surface area contributed by atoms with E-state index in [0.29, 0.717) is 17.8 Å². The maximum Gasteiger partial charge on any atom is 0.0852 e. The maximum atomic E-state index is 10.9. The lowest BCUT2D eigenvalue weighted by Gasteiger charge is -2.65. The van der Waals surface area contributed by atoms with Gasteiger partial charge in [-0.2, -0.15) is 0 Å². The summed E-state index contributed by atoms with van der Waals surface area (Å²) < 4.78 is 0. The van der Waals surface area contributed by atoms with E-state index in [-0.39, 0.29) is 16.2 Å². The topological polar surface area (TPSA) is 60.7 Å². The van der Waals surface area contributed by atoms with Crippen molar-refractivity contribution in [2.45, 2.75) is 90.4 Å². The molecular weight excluding hydrogens is 288 g/mol. The van der Waals surface area contributed by atoms with Crippen molar-refractivity contribution in [2.24, 2.45) is 34.0 Å². The summed E-state index contributed by atoms with van der Waals surface area (Å²) in [6.07, 6.45) is 6.25. The van der Waals surface area contributed by atoms with E-state index >= 15 is 0 Å². The van der Waals surface area contributed by atoms with Crippen LogP contribution in [-0.4, -0.2) is 33.1 Å². The monoisotopic (exact) mass is 322 g/mol. The number of hydrogen-bond acceptors (Lipinski definition) is 3. The summed E-state index contributed by atoms with van der Waals surface area (Å²) >= 11 is 0. The molecule has 8 atom stereocenters. The Kier molecular flexibility index (Phi) is 3.22. The average Bonchev–Trinajstić information content (AvgIpc) is 2.61. The highest BCUT2D eigenvalue weighted by Crippen LogP contribution is 2.72. The van der Waals surface area contributed by atoms with Gasteiger partial charge in [0.1, 0.15) is 0 Å². The fourth-order valence-corrected chi connectivity index (χ4v) is 8.16. The third-order valence-corrected chi connectivity index (χ3v) is 8.98. The molecule has 0 saturated heterocycles. The average molecular weight is 322 g/mol. The van der Waals surface area contributed by atoms with Gasteiger partial charge in [-0.3, -0.25) is 0 Å². The minimum absolute atomic E-state index is 0.0891. The molecule has 3 nitrogen and oxygen atoms in total. The van der Waals surface area contributed by atoms with Gasteiger partial charge in [-0.25, -0.2) is 0 Å². The first-order chi connectivity index (χ1) is 10.5. The molecule has 23 heavy (non-hydrogen) atoms. The Morgan fingerprint density at radius 1 is 0.870 bits per heavy atom. The van der Waals surface area contributed by atoms with Gasteiger partial charge in [-0.15, -0.1) is 0 Å². The van der Waals surface area contributed by atoms with Crippen molar-refractivity contribution >= 4 is 0 Å².